The molecule has 8 heteroatoms. The Balaban J connectivity index is 1.45. The summed E-state index contributed by atoms with van der Waals surface area (Å²) in [7, 11) is 0. The van der Waals surface area contributed by atoms with Gasteiger partial charge in [-0.05, 0) is 87.8 Å². The first-order valence-corrected chi connectivity index (χ1v) is 12.3. The first-order valence-electron chi connectivity index (χ1n) is 11.9. The van der Waals surface area contributed by atoms with Crippen molar-refractivity contribution in [1.29, 1.82) is 0 Å². The molecule has 2 aromatic heterocycles. The SMILES string of the molecule is CC(C)(C)OC(=O)N1Cc2cc(Cl)ccc2-n2c(nnc2C2CCC(c3cccnc3)CC2)C1. The van der Waals surface area contributed by atoms with Crippen LogP contribution >= 0.6 is 11.6 Å². The lowest BCUT2D eigenvalue weighted by molar-refractivity contribution is 0.0214. The van der Waals surface area contributed by atoms with Gasteiger partial charge in [0.15, 0.2) is 5.82 Å². The van der Waals surface area contributed by atoms with Gasteiger partial charge < -0.3 is 4.74 Å². The predicted molar refractivity (Wildman–Crippen MR) is 130 cm³/mol. The van der Waals surface area contributed by atoms with Gasteiger partial charge in [-0.2, -0.15) is 0 Å². The van der Waals surface area contributed by atoms with Gasteiger partial charge >= 0.3 is 6.09 Å². The van der Waals surface area contributed by atoms with Crippen LogP contribution in [0.3, 0.4) is 0 Å². The second-order valence-electron chi connectivity index (χ2n) is 10.3. The van der Waals surface area contributed by atoms with E-state index in [-0.39, 0.29) is 6.09 Å². The average molecular weight is 480 g/mol. The van der Waals surface area contributed by atoms with Crippen LogP contribution in [0, 0.1) is 0 Å². The van der Waals surface area contributed by atoms with E-state index in [1.807, 2.05) is 57.4 Å². The maximum Gasteiger partial charge on any atom is 0.411 e. The van der Waals surface area contributed by atoms with Crippen molar-refractivity contribution in [1.82, 2.24) is 24.6 Å². The van der Waals surface area contributed by atoms with E-state index in [1.54, 1.807) is 4.90 Å². The molecule has 1 fully saturated rings. The maximum absolute atomic E-state index is 13.0. The van der Waals surface area contributed by atoms with Crippen LogP contribution in [0.25, 0.3) is 5.69 Å². The number of nitrogens with zero attached hydrogens (tertiary/aromatic N) is 5. The number of halogens is 1. The molecule has 0 unspecified atom stereocenters. The zero-order valence-corrected chi connectivity index (χ0v) is 20.6. The number of ether oxygens (including phenoxy) is 1. The summed E-state index contributed by atoms with van der Waals surface area (Å²) >= 11 is 6.35. The number of fused-ring (bicyclic) bond motifs is 3. The second kappa shape index (κ2) is 9.02. The van der Waals surface area contributed by atoms with Gasteiger partial charge in [-0.1, -0.05) is 17.7 Å². The van der Waals surface area contributed by atoms with Gasteiger partial charge in [-0.3, -0.25) is 14.5 Å². The molecule has 178 valence electrons. The number of carbonyl (C=O) groups is 1. The molecule has 0 spiro atoms. The summed E-state index contributed by atoms with van der Waals surface area (Å²) in [5.74, 6) is 2.56. The fraction of sp³-hybridized carbons (Fsp3) is 0.462. The molecule has 1 aliphatic heterocycles. The first kappa shape index (κ1) is 22.8. The number of benzene rings is 1. The van der Waals surface area contributed by atoms with Crippen LogP contribution in [0.2, 0.25) is 5.02 Å². The number of hydrogen-bond donors (Lipinski definition) is 0. The molecule has 0 radical (unpaired) electrons. The minimum atomic E-state index is -0.577. The molecule has 3 aromatic rings. The Bertz CT molecular complexity index is 1180. The van der Waals surface area contributed by atoms with E-state index in [4.69, 9.17) is 16.3 Å². The van der Waals surface area contributed by atoms with E-state index < -0.39 is 5.60 Å². The number of amides is 1. The minimum Gasteiger partial charge on any atom is -0.444 e. The topological polar surface area (TPSA) is 73.1 Å². The Morgan fingerprint density at radius 1 is 1.06 bits per heavy atom. The summed E-state index contributed by atoms with van der Waals surface area (Å²) in [6, 6.07) is 10.0. The van der Waals surface area contributed by atoms with Crippen molar-refractivity contribution in [3.05, 3.63) is 70.5 Å². The van der Waals surface area contributed by atoms with Gasteiger partial charge in [-0.15, -0.1) is 10.2 Å². The van der Waals surface area contributed by atoms with Gasteiger partial charge in [0.2, 0.25) is 0 Å². The Kier molecular flexibility index (Phi) is 6.06. The molecule has 3 heterocycles. The predicted octanol–water partition coefficient (Wildman–Crippen LogP) is 6.01. The van der Waals surface area contributed by atoms with Crippen molar-refractivity contribution >= 4 is 17.7 Å². The van der Waals surface area contributed by atoms with Gasteiger partial charge in [0, 0.05) is 23.3 Å². The Hall–Kier alpha value is -2.93. The zero-order chi connectivity index (χ0) is 23.9. The summed E-state index contributed by atoms with van der Waals surface area (Å²) in [6.45, 7) is 6.35. The standard InChI is InChI=1S/C26H30ClN5O2/c1-26(2,3)34-25(33)31-15-20-13-21(27)10-11-22(20)32-23(16-31)29-30-24(32)18-8-6-17(7-9-18)19-5-4-12-28-14-19/h4-5,10-14,17-18H,6-9,15-16H2,1-3H3. The molecular weight excluding hydrogens is 450 g/mol. The first-order chi connectivity index (χ1) is 16.3. The molecule has 1 saturated carbocycles. The monoisotopic (exact) mass is 479 g/mol. The Labute approximate surface area is 205 Å². The fourth-order valence-electron chi connectivity index (χ4n) is 5.05. The number of carbonyl (C=O) groups excluding carboxylic acids is 1. The third kappa shape index (κ3) is 4.67. The summed E-state index contributed by atoms with van der Waals surface area (Å²) in [5.41, 5.74) is 2.68. The van der Waals surface area contributed by atoms with Crippen LogP contribution in [0.1, 0.15) is 81.1 Å². The number of hydrogen-bond acceptors (Lipinski definition) is 5. The summed E-state index contributed by atoms with van der Waals surface area (Å²) in [5, 5.41) is 9.82. The van der Waals surface area contributed by atoms with Gasteiger partial charge in [0.25, 0.3) is 0 Å². The van der Waals surface area contributed by atoms with Crippen LogP contribution in [0.4, 0.5) is 4.79 Å². The smallest absolute Gasteiger partial charge is 0.411 e. The summed E-state index contributed by atoms with van der Waals surface area (Å²) < 4.78 is 7.81. The average Bonchev–Trinajstić information content (AvgIpc) is 3.14. The van der Waals surface area contributed by atoms with Crippen molar-refractivity contribution < 1.29 is 9.53 Å². The highest BCUT2D eigenvalue weighted by molar-refractivity contribution is 6.30. The van der Waals surface area contributed by atoms with Gasteiger partial charge in [0.1, 0.15) is 11.4 Å². The van der Waals surface area contributed by atoms with Crippen molar-refractivity contribution in [3.8, 4) is 5.69 Å². The van der Waals surface area contributed by atoms with Gasteiger partial charge in [-0.25, -0.2) is 4.79 Å². The van der Waals surface area contributed by atoms with E-state index in [0.717, 1.165) is 48.6 Å². The van der Waals surface area contributed by atoms with E-state index in [0.29, 0.717) is 29.9 Å². The quantitative estimate of drug-likeness (QED) is 0.450. The highest BCUT2D eigenvalue weighted by Crippen LogP contribution is 2.41. The molecule has 5 rings (SSSR count). The lowest BCUT2D eigenvalue weighted by Gasteiger charge is -2.28. The largest absolute Gasteiger partial charge is 0.444 e. The molecule has 2 aliphatic rings. The molecule has 1 aromatic carbocycles. The molecule has 34 heavy (non-hydrogen) atoms. The third-order valence-electron chi connectivity index (χ3n) is 6.63. The fourth-order valence-corrected chi connectivity index (χ4v) is 5.24. The second-order valence-corrected chi connectivity index (χ2v) is 10.7. The van der Waals surface area contributed by atoms with Crippen LogP contribution < -0.4 is 0 Å². The maximum atomic E-state index is 13.0. The molecule has 0 N–H and O–H groups in total. The van der Waals surface area contributed by atoms with E-state index in [2.05, 4.69) is 25.8 Å². The molecule has 0 saturated heterocycles. The molecule has 1 amide bonds. The number of rotatable bonds is 2. The van der Waals surface area contributed by atoms with Crippen LogP contribution in [-0.2, 0) is 17.8 Å². The van der Waals surface area contributed by atoms with Crippen molar-refractivity contribution in [2.24, 2.45) is 0 Å². The molecule has 1 aliphatic carbocycles. The van der Waals surface area contributed by atoms with Crippen molar-refractivity contribution in [2.45, 2.75) is 77.0 Å². The Morgan fingerprint density at radius 3 is 2.53 bits per heavy atom. The van der Waals surface area contributed by atoms with Crippen molar-refractivity contribution in [3.63, 3.8) is 0 Å². The van der Waals surface area contributed by atoms with Crippen LogP contribution in [-0.4, -0.2) is 36.3 Å². The molecular formula is C26H30ClN5O2. The Morgan fingerprint density at radius 2 is 1.82 bits per heavy atom. The molecule has 0 bridgehead atoms. The molecule has 0 atom stereocenters. The van der Waals surface area contributed by atoms with E-state index in [1.165, 1.54) is 5.56 Å². The van der Waals surface area contributed by atoms with Crippen LogP contribution in [0.5, 0.6) is 0 Å². The van der Waals surface area contributed by atoms with E-state index in [9.17, 15) is 4.79 Å². The van der Waals surface area contributed by atoms with E-state index >= 15 is 0 Å². The summed E-state index contributed by atoms with van der Waals surface area (Å²) in [6.07, 6.45) is 7.71. The third-order valence-corrected chi connectivity index (χ3v) is 6.87. The zero-order valence-electron chi connectivity index (χ0n) is 19.9. The minimum absolute atomic E-state index is 0.311. The number of aromatic nitrogens is 4. The lowest BCUT2D eigenvalue weighted by Crippen LogP contribution is -2.35. The van der Waals surface area contributed by atoms with Crippen LogP contribution in [0.15, 0.2) is 42.7 Å². The summed E-state index contributed by atoms with van der Waals surface area (Å²) in [4.78, 5) is 18.9. The lowest BCUT2D eigenvalue weighted by atomic mass is 9.79. The highest BCUT2D eigenvalue weighted by atomic mass is 35.5. The normalized spacial score (nSPS) is 20.3. The molecule has 7 nitrogen and oxygen atoms in total. The van der Waals surface area contributed by atoms with Gasteiger partial charge in [0.05, 0.1) is 18.8 Å². The number of pyridine rings is 1. The highest BCUT2D eigenvalue weighted by Gasteiger charge is 2.33. The van der Waals surface area contributed by atoms with Crippen molar-refractivity contribution in [2.75, 3.05) is 0 Å².